The Kier molecular flexibility index (Phi) is 6.93. The predicted octanol–water partition coefficient (Wildman–Crippen LogP) is 3.14. The highest BCUT2D eigenvalue weighted by Crippen LogP contribution is 2.32. The van der Waals surface area contributed by atoms with E-state index in [9.17, 15) is 4.79 Å². The van der Waals surface area contributed by atoms with Crippen LogP contribution in [0.1, 0.15) is 66.7 Å². The van der Waals surface area contributed by atoms with Crippen molar-refractivity contribution in [3.8, 4) is 0 Å². The summed E-state index contributed by atoms with van der Waals surface area (Å²) in [5.41, 5.74) is -0.437. The lowest BCUT2D eigenvalue weighted by atomic mass is 10.1. The van der Waals surface area contributed by atoms with Gasteiger partial charge in [0.2, 0.25) is 0 Å². The van der Waals surface area contributed by atoms with E-state index >= 15 is 0 Å². The Morgan fingerprint density at radius 3 is 2.46 bits per heavy atom. The van der Waals surface area contributed by atoms with Crippen LogP contribution in [0, 0.1) is 5.92 Å². The summed E-state index contributed by atoms with van der Waals surface area (Å²) in [5, 5.41) is 6.80. The van der Waals surface area contributed by atoms with E-state index in [1.807, 2.05) is 20.8 Å². The molecule has 0 radical (unpaired) electrons. The molecule has 0 spiro atoms. The van der Waals surface area contributed by atoms with Crippen molar-refractivity contribution in [3.63, 3.8) is 0 Å². The zero-order chi connectivity index (χ0) is 17.7. The number of nitrogens with zero attached hydrogens (tertiary/aromatic N) is 1. The highest BCUT2D eigenvalue weighted by atomic mass is 16.6. The van der Waals surface area contributed by atoms with Gasteiger partial charge < -0.3 is 20.3 Å². The van der Waals surface area contributed by atoms with Gasteiger partial charge in [-0.25, -0.2) is 4.79 Å². The van der Waals surface area contributed by atoms with Crippen molar-refractivity contribution in [3.05, 3.63) is 0 Å². The smallest absolute Gasteiger partial charge is 0.407 e. The van der Waals surface area contributed by atoms with Gasteiger partial charge in [0.05, 0.1) is 0 Å². The summed E-state index contributed by atoms with van der Waals surface area (Å²) in [6.45, 7) is 13.5. The van der Waals surface area contributed by atoms with Gasteiger partial charge in [0.25, 0.3) is 0 Å². The molecule has 2 unspecified atom stereocenters. The maximum Gasteiger partial charge on any atom is 0.407 e. The monoisotopic (exact) mass is 339 g/mol. The Labute approximate surface area is 147 Å². The van der Waals surface area contributed by atoms with Crippen LogP contribution in [-0.4, -0.2) is 54.4 Å². The Morgan fingerprint density at radius 2 is 1.88 bits per heavy atom. The lowest BCUT2D eigenvalue weighted by Gasteiger charge is -2.26. The summed E-state index contributed by atoms with van der Waals surface area (Å²) in [7, 11) is 0. The first-order valence-corrected chi connectivity index (χ1v) is 9.71. The highest BCUT2D eigenvalue weighted by Gasteiger charge is 2.33. The first-order valence-electron chi connectivity index (χ1n) is 9.71. The number of ether oxygens (including phenoxy) is 1. The van der Waals surface area contributed by atoms with Crippen molar-refractivity contribution in [2.24, 2.45) is 5.92 Å². The normalized spacial score (nSPS) is 24.5. The van der Waals surface area contributed by atoms with E-state index < -0.39 is 5.60 Å². The third kappa shape index (κ3) is 6.98. The number of amides is 1. The van der Waals surface area contributed by atoms with Crippen LogP contribution in [-0.2, 0) is 4.74 Å². The summed E-state index contributed by atoms with van der Waals surface area (Å²) < 4.78 is 5.41. The van der Waals surface area contributed by atoms with Crippen molar-refractivity contribution < 1.29 is 9.53 Å². The molecule has 1 aliphatic heterocycles. The number of carbonyl (C=O) groups excluding carboxylic acids is 1. The maximum absolute atomic E-state index is 12.1. The van der Waals surface area contributed by atoms with Crippen LogP contribution in [0.2, 0.25) is 0 Å². The van der Waals surface area contributed by atoms with Gasteiger partial charge in [-0.3, -0.25) is 0 Å². The Hall–Kier alpha value is -0.810. The summed E-state index contributed by atoms with van der Waals surface area (Å²) in [6.07, 6.45) is 5.83. The molecular weight excluding hydrogens is 302 g/mol. The van der Waals surface area contributed by atoms with E-state index in [0.29, 0.717) is 18.0 Å². The summed E-state index contributed by atoms with van der Waals surface area (Å²) in [4.78, 5) is 14.6. The molecule has 1 amide bonds. The number of hydrogen-bond acceptors (Lipinski definition) is 4. The SMILES string of the molecule is CC(C)N1CCCC(NCC(NC(=O)OC(C)(C)C)C2CC2)CC1. The number of rotatable bonds is 6. The molecule has 2 aliphatic rings. The molecule has 5 nitrogen and oxygen atoms in total. The Morgan fingerprint density at radius 1 is 1.17 bits per heavy atom. The van der Waals surface area contributed by atoms with Crippen molar-refractivity contribution >= 4 is 6.09 Å². The fourth-order valence-electron chi connectivity index (χ4n) is 3.43. The molecule has 0 aromatic heterocycles. The molecule has 0 aromatic rings. The average molecular weight is 340 g/mol. The first-order chi connectivity index (χ1) is 11.2. The molecular formula is C19H37N3O2. The van der Waals surface area contributed by atoms with Crippen molar-refractivity contribution in [1.82, 2.24) is 15.5 Å². The van der Waals surface area contributed by atoms with E-state index in [1.165, 1.54) is 45.2 Å². The zero-order valence-electron chi connectivity index (χ0n) is 16.2. The van der Waals surface area contributed by atoms with Crippen molar-refractivity contribution in [2.45, 2.75) is 90.4 Å². The quantitative estimate of drug-likeness (QED) is 0.780. The van der Waals surface area contributed by atoms with Gasteiger partial charge in [0, 0.05) is 24.7 Å². The second-order valence-electron chi connectivity index (χ2n) is 8.76. The minimum atomic E-state index is -0.437. The molecule has 2 rings (SSSR count). The van der Waals surface area contributed by atoms with Crippen molar-refractivity contribution in [1.29, 1.82) is 0 Å². The van der Waals surface area contributed by atoms with Crippen LogP contribution in [0.5, 0.6) is 0 Å². The minimum absolute atomic E-state index is 0.198. The molecule has 5 heteroatoms. The molecule has 0 bridgehead atoms. The topological polar surface area (TPSA) is 53.6 Å². The molecule has 1 aliphatic carbocycles. The third-order valence-electron chi connectivity index (χ3n) is 5.01. The first kappa shape index (κ1) is 19.5. The molecule has 0 aromatic carbocycles. The second kappa shape index (κ2) is 8.52. The van der Waals surface area contributed by atoms with E-state index in [2.05, 4.69) is 29.4 Å². The fraction of sp³-hybridized carbons (Fsp3) is 0.947. The van der Waals surface area contributed by atoms with Gasteiger partial charge in [-0.1, -0.05) is 0 Å². The number of carbonyl (C=O) groups is 1. The van der Waals surface area contributed by atoms with Crippen LogP contribution in [0.25, 0.3) is 0 Å². The van der Waals surface area contributed by atoms with Gasteiger partial charge in [-0.15, -0.1) is 0 Å². The number of likely N-dealkylation sites (tertiary alicyclic amines) is 1. The molecule has 2 N–H and O–H groups in total. The average Bonchev–Trinajstić information content (AvgIpc) is 3.28. The van der Waals surface area contributed by atoms with Crippen LogP contribution in [0.4, 0.5) is 4.79 Å². The van der Waals surface area contributed by atoms with Crippen LogP contribution < -0.4 is 10.6 Å². The van der Waals surface area contributed by atoms with Gasteiger partial charge in [-0.2, -0.15) is 0 Å². The number of nitrogens with one attached hydrogen (secondary N) is 2. The van der Waals surface area contributed by atoms with Gasteiger partial charge in [0.15, 0.2) is 0 Å². The van der Waals surface area contributed by atoms with Crippen molar-refractivity contribution in [2.75, 3.05) is 19.6 Å². The molecule has 140 valence electrons. The number of alkyl carbamates (subject to hydrolysis) is 1. The van der Waals surface area contributed by atoms with Crippen LogP contribution in [0.3, 0.4) is 0 Å². The molecule has 2 atom stereocenters. The van der Waals surface area contributed by atoms with E-state index in [4.69, 9.17) is 4.74 Å². The Balaban J connectivity index is 1.76. The Bertz CT molecular complexity index is 402. The highest BCUT2D eigenvalue weighted by molar-refractivity contribution is 5.68. The van der Waals surface area contributed by atoms with E-state index in [-0.39, 0.29) is 12.1 Å². The second-order valence-corrected chi connectivity index (χ2v) is 8.76. The summed E-state index contributed by atoms with van der Waals surface area (Å²) >= 11 is 0. The lowest BCUT2D eigenvalue weighted by Crippen LogP contribution is -2.47. The summed E-state index contributed by atoms with van der Waals surface area (Å²) in [5.74, 6) is 0.614. The molecule has 1 heterocycles. The standard InChI is InChI=1S/C19H37N3O2/c1-14(2)22-11-6-7-16(10-12-22)20-13-17(15-8-9-15)21-18(23)24-19(3,4)5/h14-17,20H,6-13H2,1-5H3,(H,21,23). The zero-order valence-corrected chi connectivity index (χ0v) is 16.2. The minimum Gasteiger partial charge on any atom is -0.444 e. The fourth-order valence-corrected chi connectivity index (χ4v) is 3.43. The number of hydrogen-bond donors (Lipinski definition) is 2. The van der Waals surface area contributed by atoms with E-state index in [1.54, 1.807) is 0 Å². The predicted molar refractivity (Wildman–Crippen MR) is 98.2 cm³/mol. The van der Waals surface area contributed by atoms with Gasteiger partial charge in [-0.05, 0) is 85.7 Å². The molecule has 2 fully saturated rings. The van der Waals surface area contributed by atoms with Crippen LogP contribution >= 0.6 is 0 Å². The molecule has 24 heavy (non-hydrogen) atoms. The summed E-state index contributed by atoms with van der Waals surface area (Å²) in [6, 6.07) is 1.40. The van der Waals surface area contributed by atoms with Gasteiger partial charge in [0.1, 0.15) is 5.60 Å². The third-order valence-corrected chi connectivity index (χ3v) is 5.01. The van der Waals surface area contributed by atoms with Gasteiger partial charge >= 0.3 is 6.09 Å². The van der Waals surface area contributed by atoms with Crippen LogP contribution in [0.15, 0.2) is 0 Å². The largest absolute Gasteiger partial charge is 0.444 e. The molecule has 1 saturated carbocycles. The maximum atomic E-state index is 12.1. The molecule has 1 saturated heterocycles. The van der Waals surface area contributed by atoms with E-state index in [0.717, 1.165) is 6.54 Å². The lowest BCUT2D eigenvalue weighted by molar-refractivity contribution is 0.0496.